The van der Waals surface area contributed by atoms with E-state index in [4.69, 9.17) is 0 Å². The van der Waals surface area contributed by atoms with Crippen molar-refractivity contribution in [3.05, 3.63) is 12.2 Å². The monoisotopic (exact) mass is 310 g/mol. The van der Waals surface area contributed by atoms with Crippen molar-refractivity contribution >= 4 is 14.7 Å². The van der Waals surface area contributed by atoms with Gasteiger partial charge >= 0.3 is 119 Å². The van der Waals surface area contributed by atoms with Gasteiger partial charge in [0.25, 0.3) is 0 Å². The van der Waals surface area contributed by atoms with Crippen molar-refractivity contribution in [3.63, 3.8) is 0 Å². The Labute approximate surface area is 119 Å². The molecule has 2 fully saturated rings. The van der Waals surface area contributed by atoms with Gasteiger partial charge in [0.2, 0.25) is 0 Å². The fraction of sp³-hybridized carbons (Fsp3) is 0.882. The minimum atomic E-state index is -0.544. The standard InChI is InChI=1S/C17H31As/c1-4-10-16(5-2)15(3)17(18-13-9-14-18)11-7-6-8-12-17/h16H,3-14H2,1-2H3. The number of allylic oxidation sites excluding steroid dienone is 1. The molecule has 0 radical (unpaired) electrons. The second kappa shape index (κ2) is 6.64. The molecule has 1 aliphatic carbocycles. The molecular formula is C17H31As. The van der Waals surface area contributed by atoms with Crippen LogP contribution < -0.4 is 0 Å². The van der Waals surface area contributed by atoms with E-state index in [1.807, 2.05) is 0 Å². The van der Waals surface area contributed by atoms with Gasteiger partial charge in [-0.2, -0.15) is 0 Å². The zero-order valence-electron chi connectivity index (χ0n) is 12.5. The Bertz CT molecular complexity index is 271. The summed E-state index contributed by atoms with van der Waals surface area (Å²) in [6.45, 7) is 9.40. The van der Waals surface area contributed by atoms with Crippen LogP contribution in [-0.4, -0.2) is 14.7 Å². The van der Waals surface area contributed by atoms with E-state index in [1.165, 1.54) is 51.4 Å². The van der Waals surface area contributed by atoms with Crippen LogP contribution in [0.1, 0.15) is 71.6 Å². The molecule has 1 aliphatic heterocycles. The summed E-state index contributed by atoms with van der Waals surface area (Å²) in [6.07, 6.45) is 13.1. The van der Waals surface area contributed by atoms with Crippen LogP contribution in [0.25, 0.3) is 0 Å². The first-order valence-corrected chi connectivity index (χ1v) is 11.8. The predicted molar refractivity (Wildman–Crippen MR) is 83.6 cm³/mol. The Morgan fingerprint density at radius 2 is 1.78 bits per heavy atom. The Morgan fingerprint density at radius 1 is 1.11 bits per heavy atom. The molecule has 104 valence electrons. The number of rotatable bonds is 6. The summed E-state index contributed by atoms with van der Waals surface area (Å²) in [6, 6.07) is 0. The molecule has 0 nitrogen and oxygen atoms in total. The molecule has 1 saturated carbocycles. The van der Waals surface area contributed by atoms with E-state index < -0.39 is 14.7 Å². The van der Waals surface area contributed by atoms with Crippen LogP contribution in [0.3, 0.4) is 0 Å². The third-order valence-corrected chi connectivity index (χ3v) is 13.0. The molecule has 2 aliphatic rings. The van der Waals surface area contributed by atoms with Crippen molar-refractivity contribution in [2.24, 2.45) is 5.92 Å². The van der Waals surface area contributed by atoms with Crippen molar-refractivity contribution in [1.29, 1.82) is 0 Å². The maximum absolute atomic E-state index is 4.68. The molecular weight excluding hydrogens is 279 g/mol. The van der Waals surface area contributed by atoms with Crippen molar-refractivity contribution in [3.8, 4) is 0 Å². The van der Waals surface area contributed by atoms with Gasteiger partial charge in [-0.15, -0.1) is 0 Å². The van der Waals surface area contributed by atoms with Crippen LogP contribution in [0.15, 0.2) is 12.2 Å². The molecule has 0 amide bonds. The van der Waals surface area contributed by atoms with E-state index in [2.05, 4.69) is 20.4 Å². The summed E-state index contributed by atoms with van der Waals surface area (Å²) < 4.78 is 0.708. The normalized spacial score (nSPS) is 25.4. The third-order valence-electron chi connectivity index (χ3n) is 5.36. The second-order valence-corrected chi connectivity index (χ2v) is 12.3. The summed E-state index contributed by atoms with van der Waals surface area (Å²) in [7, 11) is 0. The first kappa shape index (κ1) is 14.7. The molecule has 1 heterocycles. The van der Waals surface area contributed by atoms with Gasteiger partial charge in [-0.3, -0.25) is 0 Å². The quantitative estimate of drug-likeness (QED) is 0.418. The van der Waals surface area contributed by atoms with Gasteiger partial charge in [0.05, 0.1) is 0 Å². The predicted octanol–water partition coefficient (Wildman–Crippen LogP) is 5.97. The van der Waals surface area contributed by atoms with E-state index in [9.17, 15) is 0 Å². The molecule has 0 aromatic rings. The molecule has 1 heteroatoms. The Morgan fingerprint density at radius 3 is 2.22 bits per heavy atom. The van der Waals surface area contributed by atoms with E-state index in [0.717, 1.165) is 5.92 Å². The average Bonchev–Trinajstić information content (AvgIpc) is 2.34. The molecule has 2 rings (SSSR count). The summed E-state index contributed by atoms with van der Waals surface area (Å²) in [5.74, 6) is 0.836. The van der Waals surface area contributed by atoms with Crippen LogP contribution in [0.5, 0.6) is 0 Å². The van der Waals surface area contributed by atoms with E-state index >= 15 is 0 Å². The van der Waals surface area contributed by atoms with E-state index in [-0.39, 0.29) is 0 Å². The van der Waals surface area contributed by atoms with Crippen LogP contribution >= 0.6 is 0 Å². The van der Waals surface area contributed by atoms with E-state index in [1.54, 1.807) is 22.4 Å². The van der Waals surface area contributed by atoms with Crippen molar-refractivity contribution in [2.75, 3.05) is 0 Å². The molecule has 0 N–H and O–H groups in total. The first-order chi connectivity index (χ1) is 8.74. The molecule has 1 unspecified atom stereocenters. The van der Waals surface area contributed by atoms with Crippen molar-refractivity contribution in [2.45, 2.75) is 86.3 Å². The van der Waals surface area contributed by atoms with Crippen LogP contribution in [0, 0.1) is 5.92 Å². The van der Waals surface area contributed by atoms with Gasteiger partial charge in [-0.1, -0.05) is 0 Å². The average molecular weight is 310 g/mol. The summed E-state index contributed by atoms with van der Waals surface area (Å²) in [5, 5.41) is 3.27. The summed E-state index contributed by atoms with van der Waals surface area (Å²) in [5.41, 5.74) is 1.73. The van der Waals surface area contributed by atoms with Crippen molar-refractivity contribution in [1.82, 2.24) is 0 Å². The fourth-order valence-electron chi connectivity index (χ4n) is 4.07. The van der Waals surface area contributed by atoms with Crippen LogP contribution in [0.2, 0.25) is 14.6 Å². The Hall–Kier alpha value is 0.298. The molecule has 0 aromatic carbocycles. The first-order valence-electron chi connectivity index (χ1n) is 8.19. The van der Waals surface area contributed by atoms with Gasteiger partial charge in [0, 0.05) is 0 Å². The van der Waals surface area contributed by atoms with Crippen molar-refractivity contribution < 1.29 is 0 Å². The van der Waals surface area contributed by atoms with Gasteiger partial charge in [-0.05, 0) is 0 Å². The molecule has 0 bridgehead atoms. The van der Waals surface area contributed by atoms with Gasteiger partial charge in [0.1, 0.15) is 0 Å². The molecule has 18 heavy (non-hydrogen) atoms. The zero-order chi connectivity index (χ0) is 13.0. The fourth-order valence-corrected chi connectivity index (χ4v) is 10.4. The molecule has 1 saturated heterocycles. The maximum atomic E-state index is 4.68. The Kier molecular flexibility index (Phi) is 5.43. The third kappa shape index (κ3) is 2.74. The molecule has 0 spiro atoms. The van der Waals surface area contributed by atoms with Gasteiger partial charge in [-0.25, -0.2) is 0 Å². The zero-order valence-corrected chi connectivity index (χ0v) is 14.4. The SMILES string of the molecule is C=C(C(CC)CCC)C1([As]2CCC2)CCCCC1. The van der Waals surface area contributed by atoms with Crippen LogP contribution in [-0.2, 0) is 0 Å². The number of hydrogen-bond acceptors (Lipinski definition) is 0. The van der Waals surface area contributed by atoms with Crippen LogP contribution in [0.4, 0.5) is 0 Å². The molecule has 0 aromatic heterocycles. The second-order valence-electron chi connectivity index (χ2n) is 6.35. The number of hydrogen-bond donors (Lipinski definition) is 0. The Balaban J connectivity index is 2.14. The molecule has 1 atom stereocenters. The summed E-state index contributed by atoms with van der Waals surface area (Å²) in [4.78, 5) is 0. The van der Waals surface area contributed by atoms with Gasteiger partial charge < -0.3 is 0 Å². The minimum absolute atomic E-state index is 0.544. The summed E-state index contributed by atoms with van der Waals surface area (Å²) >= 11 is -0.544. The van der Waals surface area contributed by atoms with E-state index in [0.29, 0.717) is 4.20 Å². The van der Waals surface area contributed by atoms with Gasteiger partial charge in [0.15, 0.2) is 0 Å². The topological polar surface area (TPSA) is 0 Å².